The number of hydrogen-bond donors (Lipinski definition) is 1. The fourth-order valence-corrected chi connectivity index (χ4v) is 7.56. The van der Waals surface area contributed by atoms with Crippen LogP contribution in [0.25, 0.3) is 0 Å². The van der Waals surface area contributed by atoms with Crippen molar-refractivity contribution in [3.63, 3.8) is 0 Å². The average molecular weight is 563 g/mol. The van der Waals surface area contributed by atoms with Crippen molar-refractivity contribution in [3.8, 4) is 0 Å². The average Bonchev–Trinajstić information content (AvgIpc) is 3.58. The van der Waals surface area contributed by atoms with E-state index in [-0.39, 0.29) is 23.0 Å². The second-order valence-corrected chi connectivity index (χ2v) is 12.2. The molecule has 0 saturated carbocycles. The van der Waals surface area contributed by atoms with E-state index in [9.17, 15) is 22.8 Å². The van der Waals surface area contributed by atoms with Crippen LogP contribution >= 0.6 is 11.3 Å². The van der Waals surface area contributed by atoms with E-state index < -0.39 is 22.0 Å². The third-order valence-corrected chi connectivity index (χ3v) is 9.94. The highest BCUT2D eigenvalue weighted by molar-refractivity contribution is 7.89. The number of carbonyl (C=O) groups excluding carboxylic acids is 3. The number of sulfonamides is 1. The molecule has 3 amide bonds. The van der Waals surface area contributed by atoms with E-state index in [2.05, 4.69) is 5.32 Å². The summed E-state index contributed by atoms with van der Waals surface area (Å²) in [5, 5.41) is 3.32. The van der Waals surface area contributed by atoms with Gasteiger partial charge in [0, 0.05) is 43.2 Å². The first-order chi connectivity index (χ1) is 18.2. The molecule has 1 saturated heterocycles. The van der Waals surface area contributed by atoms with Crippen LogP contribution in [0.3, 0.4) is 0 Å². The van der Waals surface area contributed by atoms with Gasteiger partial charge in [0.25, 0.3) is 11.8 Å². The van der Waals surface area contributed by atoms with Crippen LogP contribution in [0.15, 0.2) is 29.2 Å². The Hall–Kier alpha value is -2.96. The van der Waals surface area contributed by atoms with Gasteiger partial charge in [-0.3, -0.25) is 9.59 Å². The number of benzene rings is 1. The van der Waals surface area contributed by atoms with Crippen molar-refractivity contribution in [1.82, 2.24) is 14.1 Å². The first kappa shape index (κ1) is 28.1. The van der Waals surface area contributed by atoms with Gasteiger partial charge in [0.1, 0.15) is 5.00 Å². The van der Waals surface area contributed by atoms with E-state index in [1.165, 1.54) is 39.9 Å². The van der Waals surface area contributed by atoms with Crippen LogP contribution in [-0.2, 0) is 27.7 Å². The molecule has 0 aliphatic carbocycles. The molecule has 0 atom stereocenters. The number of nitrogens with one attached hydrogen (secondary N) is 1. The first-order valence-corrected chi connectivity index (χ1v) is 15.2. The zero-order chi connectivity index (χ0) is 27.4. The third kappa shape index (κ3) is 5.57. The maximum Gasteiger partial charge on any atom is 0.410 e. The van der Waals surface area contributed by atoms with Gasteiger partial charge in [-0.2, -0.15) is 4.31 Å². The highest BCUT2D eigenvalue weighted by Crippen LogP contribution is 2.38. The largest absolute Gasteiger partial charge is 0.450 e. The summed E-state index contributed by atoms with van der Waals surface area (Å²) in [6.45, 7) is 8.60. The molecule has 0 radical (unpaired) electrons. The van der Waals surface area contributed by atoms with Crippen molar-refractivity contribution in [2.24, 2.45) is 0 Å². The number of anilines is 1. The second-order valence-electron chi connectivity index (χ2n) is 9.15. The van der Waals surface area contributed by atoms with Gasteiger partial charge in [0.15, 0.2) is 0 Å². The Labute approximate surface area is 227 Å². The van der Waals surface area contributed by atoms with Gasteiger partial charge in [0.05, 0.1) is 23.6 Å². The van der Waals surface area contributed by atoms with E-state index in [4.69, 9.17) is 4.74 Å². The smallest absolute Gasteiger partial charge is 0.410 e. The summed E-state index contributed by atoms with van der Waals surface area (Å²) in [7, 11) is -3.58. The standard InChI is InChI=1S/C26H34N4O6S2/c1-4-28(5-2)25(32)22-20-13-16-29(26(33)36-6-3)17-21(20)37-24(22)27-23(31)18-9-11-19(12-10-18)38(34,35)30-14-7-8-15-30/h9-12H,4-8,13-17H2,1-3H3,(H,27,31). The Morgan fingerprint density at radius 2 is 1.68 bits per heavy atom. The molecule has 1 N–H and O–H groups in total. The molecule has 1 aromatic carbocycles. The van der Waals surface area contributed by atoms with Crippen molar-refractivity contribution < 1.29 is 27.5 Å². The normalized spacial score (nSPS) is 15.7. The lowest BCUT2D eigenvalue weighted by molar-refractivity contribution is 0.0772. The fourth-order valence-electron chi connectivity index (χ4n) is 4.79. The van der Waals surface area contributed by atoms with Crippen LogP contribution < -0.4 is 5.32 Å². The molecule has 0 bridgehead atoms. The summed E-state index contributed by atoms with van der Waals surface area (Å²) < 4.78 is 32.2. The summed E-state index contributed by atoms with van der Waals surface area (Å²) in [6, 6.07) is 5.86. The minimum Gasteiger partial charge on any atom is -0.450 e. The van der Waals surface area contributed by atoms with Crippen LogP contribution in [-0.4, -0.2) is 79.8 Å². The lowest BCUT2D eigenvalue weighted by atomic mass is 10.0. The molecule has 2 aliphatic heterocycles. The Morgan fingerprint density at radius 1 is 1.03 bits per heavy atom. The first-order valence-electron chi connectivity index (χ1n) is 13.0. The van der Waals surface area contributed by atoms with Gasteiger partial charge < -0.3 is 19.9 Å². The SMILES string of the molecule is CCOC(=O)N1CCc2c(sc(NC(=O)c3ccc(S(=O)(=O)N4CCCC4)cc3)c2C(=O)N(CC)CC)C1. The topological polar surface area (TPSA) is 116 Å². The molecule has 2 aromatic rings. The Kier molecular flexibility index (Phi) is 8.74. The zero-order valence-electron chi connectivity index (χ0n) is 22.0. The Morgan fingerprint density at radius 3 is 2.29 bits per heavy atom. The summed E-state index contributed by atoms with van der Waals surface area (Å²) in [5.74, 6) is -0.607. The van der Waals surface area contributed by atoms with Crippen molar-refractivity contribution >= 4 is 44.3 Å². The van der Waals surface area contributed by atoms with Crippen LogP contribution in [0.1, 0.15) is 64.8 Å². The molecule has 3 heterocycles. The Bertz CT molecular complexity index is 1300. The van der Waals surface area contributed by atoms with E-state index in [0.717, 1.165) is 23.3 Å². The second kappa shape index (κ2) is 11.8. The lowest BCUT2D eigenvalue weighted by Gasteiger charge is -2.27. The van der Waals surface area contributed by atoms with Crippen molar-refractivity contribution in [1.29, 1.82) is 0 Å². The van der Waals surface area contributed by atoms with Crippen LogP contribution in [0.5, 0.6) is 0 Å². The molecule has 206 valence electrons. The third-order valence-electron chi connectivity index (χ3n) is 6.89. The van der Waals surface area contributed by atoms with Gasteiger partial charge in [-0.1, -0.05) is 0 Å². The Balaban J connectivity index is 1.60. The van der Waals surface area contributed by atoms with Crippen LogP contribution in [0.2, 0.25) is 0 Å². The van der Waals surface area contributed by atoms with Crippen molar-refractivity contribution in [3.05, 3.63) is 45.8 Å². The predicted octanol–water partition coefficient (Wildman–Crippen LogP) is 3.78. The molecule has 4 rings (SSSR count). The lowest BCUT2D eigenvalue weighted by Crippen LogP contribution is -2.37. The zero-order valence-corrected chi connectivity index (χ0v) is 23.6. The van der Waals surface area contributed by atoms with E-state index in [0.29, 0.717) is 56.3 Å². The van der Waals surface area contributed by atoms with Gasteiger partial charge in [-0.05, 0) is 69.9 Å². The molecule has 2 aliphatic rings. The highest BCUT2D eigenvalue weighted by atomic mass is 32.2. The molecule has 0 unspecified atom stereocenters. The van der Waals surface area contributed by atoms with Crippen LogP contribution in [0.4, 0.5) is 9.80 Å². The number of amides is 3. The molecule has 38 heavy (non-hydrogen) atoms. The van der Waals surface area contributed by atoms with Gasteiger partial charge in [0.2, 0.25) is 10.0 Å². The molecule has 10 nitrogen and oxygen atoms in total. The monoisotopic (exact) mass is 562 g/mol. The van der Waals surface area contributed by atoms with E-state index in [1.54, 1.807) is 16.7 Å². The number of rotatable bonds is 8. The van der Waals surface area contributed by atoms with E-state index >= 15 is 0 Å². The quantitative estimate of drug-likeness (QED) is 0.524. The summed E-state index contributed by atoms with van der Waals surface area (Å²) in [4.78, 5) is 43.3. The van der Waals surface area contributed by atoms with Gasteiger partial charge >= 0.3 is 6.09 Å². The summed E-state index contributed by atoms with van der Waals surface area (Å²) >= 11 is 1.28. The summed E-state index contributed by atoms with van der Waals surface area (Å²) in [6.07, 6.45) is 1.76. The van der Waals surface area contributed by atoms with Gasteiger partial charge in [-0.25, -0.2) is 13.2 Å². The summed E-state index contributed by atoms with van der Waals surface area (Å²) in [5.41, 5.74) is 1.58. The number of ether oxygens (including phenoxy) is 1. The number of hydrogen-bond acceptors (Lipinski definition) is 7. The highest BCUT2D eigenvalue weighted by Gasteiger charge is 2.32. The fraction of sp³-hybridized carbons (Fsp3) is 0.500. The van der Waals surface area contributed by atoms with Crippen LogP contribution in [0, 0.1) is 0 Å². The van der Waals surface area contributed by atoms with Crippen molar-refractivity contribution in [2.75, 3.05) is 44.6 Å². The minimum absolute atomic E-state index is 0.152. The number of thiophene rings is 1. The van der Waals surface area contributed by atoms with Gasteiger partial charge in [-0.15, -0.1) is 11.3 Å². The molecule has 1 aromatic heterocycles. The molecule has 12 heteroatoms. The number of nitrogens with zero attached hydrogens (tertiary/aromatic N) is 3. The van der Waals surface area contributed by atoms with E-state index in [1.807, 2.05) is 13.8 Å². The number of carbonyl (C=O) groups is 3. The maximum absolute atomic E-state index is 13.5. The molecular weight excluding hydrogens is 528 g/mol. The molecule has 0 spiro atoms. The number of fused-ring (bicyclic) bond motifs is 1. The molecular formula is C26H34N4O6S2. The maximum atomic E-state index is 13.5. The minimum atomic E-state index is -3.58. The predicted molar refractivity (Wildman–Crippen MR) is 145 cm³/mol. The molecule has 1 fully saturated rings. The van der Waals surface area contributed by atoms with Crippen molar-refractivity contribution in [2.45, 2.75) is 51.5 Å².